The maximum absolute atomic E-state index is 5.60. The molecule has 0 amide bonds. The van der Waals surface area contributed by atoms with E-state index < -0.39 is 0 Å². The van der Waals surface area contributed by atoms with Gasteiger partial charge in [-0.2, -0.15) is 5.10 Å². The summed E-state index contributed by atoms with van der Waals surface area (Å²) in [5, 5.41) is 4.66. The number of hydrogen-bond donors (Lipinski definition) is 1. The zero-order chi connectivity index (χ0) is 10.8. The first-order valence-electron chi connectivity index (χ1n) is 4.10. The minimum atomic E-state index is 0.447. The summed E-state index contributed by atoms with van der Waals surface area (Å²) in [6.07, 6.45) is 3.65. The van der Waals surface area contributed by atoms with Crippen LogP contribution in [0.25, 0.3) is 0 Å². The van der Waals surface area contributed by atoms with Crippen LogP contribution in [0.15, 0.2) is 33.1 Å². The van der Waals surface area contributed by atoms with Crippen molar-refractivity contribution in [1.82, 2.24) is 19.7 Å². The zero-order valence-corrected chi connectivity index (χ0v) is 10.3. The van der Waals surface area contributed by atoms with E-state index in [1.807, 2.05) is 13.2 Å². The molecule has 0 aromatic carbocycles. The van der Waals surface area contributed by atoms with Crippen molar-refractivity contribution in [2.24, 2.45) is 7.05 Å². The lowest BCUT2D eigenvalue weighted by molar-refractivity contribution is 0.766. The number of aromatic nitrogens is 4. The fraction of sp³-hybridized carbons (Fsp3) is 0.125. The van der Waals surface area contributed by atoms with Crippen molar-refractivity contribution in [3.05, 3.63) is 23.1 Å². The number of nitrogen functional groups attached to an aromatic ring is 1. The normalized spacial score (nSPS) is 10.5. The fourth-order valence-electron chi connectivity index (χ4n) is 1.02. The van der Waals surface area contributed by atoms with Crippen molar-refractivity contribution in [3.8, 4) is 0 Å². The Bertz CT molecular complexity index is 463. The Morgan fingerprint density at radius 1 is 1.47 bits per heavy atom. The van der Waals surface area contributed by atoms with Crippen molar-refractivity contribution < 1.29 is 0 Å². The Kier molecular flexibility index (Phi) is 2.92. The highest BCUT2D eigenvalue weighted by Crippen LogP contribution is 2.25. The van der Waals surface area contributed by atoms with Crippen LogP contribution in [0.4, 0.5) is 5.82 Å². The summed E-state index contributed by atoms with van der Waals surface area (Å²) in [5.41, 5.74) is 5.60. The van der Waals surface area contributed by atoms with Crippen LogP contribution in [-0.4, -0.2) is 19.7 Å². The van der Waals surface area contributed by atoms with Crippen molar-refractivity contribution in [1.29, 1.82) is 0 Å². The molecule has 2 N–H and O–H groups in total. The number of aryl methyl sites for hydroxylation is 1. The average Bonchev–Trinajstić information content (AvgIpc) is 2.49. The monoisotopic (exact) mass is 285 g/mol. The molecule has 78 valence electrons. The van der Waals surface area contributed by atoms with Gasteiger partial charge in [-0.15, -0.1) is 0 Å². The van der Waals surface area contributed by atoms with Crippen LogP contribution in [0.1, 0.15) is 0 Å². The van der Waals surface area contributed by atoms with E-state index in [2.05, 4.69) is 31.0 Å². The Morgan fingerprint density at radius 2 is 2.27 bits per heavy atom. The maximum Gasteiger partial charge on any atom is 0.195 e. The molecule has 0 aliphatic heterocycles. The molecular weight excluding hydrogens is 278 g/mol. The SMILES string of the molecule is Cn1cc(Sc2nc(N)cc(Br)n2)cn1. The van der Waals surface area contributed by atoms with E-state index in [1.165, 1.54) is 11.8 Å². The van der Waals surface area contributed by atoms with Gasteiger partial charge in [-0.1, -0.05) is 0 Å². The molecule has 0 bridgehead atoms. The predicted molar refractivity (Wildman–Crippen MR) is 61.5 cm³/mol. The third-order valence-electron chi connectivity index (χ3n) is 1.58. The van der Waals surface area contributed by atoms with Crippen LogP contribution < -0.4 is 5.73 Å². The molecule has 0 saturated carbocycles. The average molecular weight is 286 g/mol. The summed E-state index contributed by atoms with van der Waals surface area (Å²) in [6.45, 7) is 0. The van der Waals surface area contributed by atoms with Gasteiger partial charge in [0.05, 0.1) is 11.1 Å². The Labute approximate surface area is 99.2 Å². The molecule has 2 heterocycles. The zero-order valence-electron chi connectivity index (χ0n) is 7.88. The lowest BCUT2D eigenvalue weighted by Gasteiger charge is -1.99. The van der Waals surface area contributed by atoms with E-state index in [1.54, 1.807) is 16.9 Å². The smallest absolute Gasteiger partial charge is 0.195 e. The Balaban J connectivity index is 2.24. The summed E-state index contributed by atoms with van der Waals surface area (Å²) in [6, 6.07) is 1.66. The lowest BCUT2D eigenvalue weighted by Crippen LogP contribution is -1.94. The highest BCUT2D eigenvalue weighted by molar-refractivity contribution is 9.10. The second-order valence-electron chi connectivity index (χ2n) is 2.85. The molecule has 7 heteroatoms. The molecule has 0 atom stereocenters. The molecule has 0 aliphatic carbocycles. The molecule has 2 rings (SSSR count). The van der Waals surface area contributed by atoms with Crippen LogP contribution in [-0.2, 0) is 7.05 Å². The first kappa shape index (κ1) is 10.4. The molecule has 0 radical (unpaired) electrons. The van der Waals surface area contributed by atoms with Gasteiger partial charge in [-0.05, 0) is 27.7 Å². The third-order valence-corrected chi connectivity index (χ3v) is 2.80. The van der Waals surface area contributed by atoms with Gasteiger partial charge in [0.1, 0.15) is 10.4 Å². The van der Waals surface area contributed by atoms with Crippen LogP contribution in [0.3, 0.4) is 0 Å². The number of hydrogen-bond acceptors (Lipinski definition) is 5. The van der Waals surface area contributed by atoms with Gasteiger partial charge in [-0.25, -0.2) is 9.97 Å². The molecule has 0 unspecified atom stereocenters. The van der Waals surface area contributed by atoms with Crippen molar-refractivity contribution in [2.75, 3.05) is 5.73 Å². The molecule has 0 aliphatic rings. The quantitative estimate of drug-likeness (QED) is 0.672. The van der Waals surface area contributed by atoms with Crippen molar-refractivity contribution in [3.63, 3.8) is 0 Å². The number of rotatable bonds is 2. The highest BCUT2D eigenvalue weighted by Gasteiger charge is 2.04. The van der Waals surface area contributed by atoms with Gasteiger partial charge in [0.15, 0.2) is 5.16 Å². The summed E-state index contributed by atoms with van der Waals surface area (Å²) >= 11 is 4.69. The van der Waals surface area contributed by atoms with Gasteiger partial charge >= 0.3 is 0 Å². The molecular formula is C8H8BrN5S. The molecule has 5 nitrogen and oxygen atoms in total. The molecule has 2 aromatic rings. The van der Waals surface area contributed by atoms with Gasteiger partial charge in [-0.3, -0.25) is 4.68 Å². The van der Waals surface area contributed by atoms with Crippen LogP contribution >= 0.6 is 27.7 Å². The maximum atomic E-state index is 5.60. The van der Waals surface area contributed by atoms with E-state index in [-0.39, 0.29) is 0 Å². The minimum absolute atomic E-state index is 0.447. The molecule has 0 fully saturated rings. The van der Waals surface area contributed by atoms with Crippen molar-refractivity contribution in [2.45, 2.75) is 10.1 Å². The van der Waals surface area contributed by atoms with Crippen LogP contribution in [0, 0.1) is 0 Å². The second-order valence-corrected chi connectivity index (χ2v) is 4.70. The predicted octanol–water partition coefficient (Wildman–Crippen LogP) is 1.71. The van der Waals surface area contributed by atoms with Crippen LogP contribution in [0.2, 0.25) is 0 Å². The summed E-state index contributed by atoms with van der Waals surface area (Å²) in [4.78, 5) is 9.27. The van der Waals surface area contributed by atoms with Crippen molar-refractivity contribution >= 4 is 33.5 Å². The van der Waals surface area contributed by atoms with Gasteiger partial charge < -0.3 is 5.73 Å². The summed E-state index contributed by atoms with van der Waals surface area (Å²) in [5.74, 6) is 0.447. The molecule has 15 heavy (non-hydrogen) atoms. The van der Waals surface area contributed by atoms with Gasteiger partial charge in [0.25, 0.3) is 0 Å². The topological polar surface area (TPSA) is 69.6 Å². The number of anilines is 1. The van der Waals surface area contributed by atoms with E-state index in [0.717, 1.165) is 4.90 Å². The second kappa shape index (κ2) is 4.19. The van der Waals surface area contributed by atoms with E-state index in [4.69, 9.17) is 5.73 Å². The third kappa shape index (κ3) is 2.69. The van der Waals surface area contributed by atoms with E-state index in [0.29, 0.717) is 15.6 Å². The lowest BCUT2D eigenvalue weighted by atomic mass is 10.6. The molecule has 0 spiro atoms. The van der Waals surface area contributed by atoms with Crippen LogP contribution in [0.5, 0.6) is 0 Å². The Hall–Kier alpha value is -1.08. The summed E-state index contributed by atoms with van der Waals surface area (Å²) < 4.78 is 2.41. The number of nitrogens with zero attached hydrogens (tertiary/aromatic N) is 4. The highest BCUT2D eigenvalue weighted by atomic mass is 79.9. The standard InChI is InChI=1S/C8H8BrN5S/c1-14-4-5(3-11-14)15-8-12-6(9)2-7(10)13-8/h2-4H,1H3,(H2,10,12,13). The molecule has 2 aromatic heterocycles. The van der Waals surface area contributed by atoms with Gasteiger partial charge in [0, 0.05) is 19.3 Å². The minimum Gasteiger partial charge on any atom is -0.384 e. The van der Waals surface area contributed by atoms with E-state index in [9.17, 15) is 0 Å². The largest absolute Gasteiger partial charge is 0.384 e. The van der Waals surface area contributed by atoms with E-state index >= 15 is 0 Å². The summed E-state index contributed by atoms with van der Waals surface area (Å²) in [7, 11) is 1.86. The molecule has 0 saturated heterocycles. The fourth-order valence-corrected chi connectivity index (χ4v) is 2.35. The Morgan fingerprint density at radius 3 is 2.87 bits per heavy atom. The van der Waals surface area contributed by atoms with Gasteiger partial charge in [0.2, 0.25) is 0 Å². The number of halogens is 1. The number of nitrogens with two attached hydrogens (primary N) is 1. The first-order valence-corrected chi connectivity index (χ1v) is 5.71. The first-order chi connectivity index (χ1) is 7.13.